The molecule has 0 spiro atoms. The molecule has 1 saturated heterocycles. The van der Waals surface area contributed by atoms with E-state index in [9.17, 15) is 35.1 Å². The van der Waals surface area contributed by atoms with Gasteiger partial charge in [-0.1, -0.05) is 278 Å². The van der Waals surface area contributed by atoms with Crippen LogP contribution in [0.1, 0.15) is 284 Å². The topological polar surface area (TPSA) is 175 Å². The largest absolute Gasteiger partial charge is 0.454 e. The second-order valence-corrected chi connectivity index (χ2v) is 23.5. The molecule has 1 aliphatic rings. The van der Waals surface area contributed by atoms with Crippen LogP contribution in [0.5, 0.6) is 0 Å². The number of esters is 1. The first-order valence-corrected chi connectivity index (χ1v) is 34.7. The van der Waals surface area contributed by atoms with E-state index in [2.05, 4.69) is 123 Å². The molecule has 85 heavy (non-hydrogen) atoms. The SMILES string of the molecule is CC/C=C\C/C=C\C/C=C\C/C=C\C/C=C\CCCCCC(=O)OC1C(OCC(NC(=O)C(O)CCCCCCCCCCCCC/C=C\C/C=C\C/C=C\CCCCC)C(O)/C=C/CCCCCCCCCCCCC)OC(CO)C(O)C1O. The van der Waals surface area contributed by atoms with Gasteiger partial charge in [-0.3, -0.25) is 9.59 Å². The molecule has 0 bridgehead atoms. The summed E-state index contributed by atoms with van der Waals surface area (Å²) < 4.78 is 17.6. The fourth-order valence-corrected chi connectivity index (χ4v) is 10.2. The summed E-state index contributed by atoms with van der Waals surface area (Å²) in [7, 11) is 0. The van der Waals surface area contributed by atoms with Crippen LogP contribution in [-0.4, -0.2) is 99.6 Å². The van der Waals surface area contributed by atoms with Gasteiger partial charge in [-0.15, -0.1) is 0 Å². The van der Waals surface area contributed by atoms with Crippen molar-refractivity contribution in [2.24, 2.45) is 0 Å². The molecule has 6 N–H and O–H groups in total. The van der Waals surface area contributed by atoms with Crippen LogP contribution in [0.25, 0.3) is 0 Å². The smallest absolute Gasteiger partial charge is 0.306 e. The number of amides is 1. The van der Waals surface area contributed by atoms with Gasteiger partial charge in [0.2, 0.25) is 5.91 Å². The zero-order valence-corrected chi connectivity index (χ0v) is 54.2. The minimum absolute atomic E-state index is 0.0795. The first-order valence-electron chi connectivity index (χ1n) is 34.7. The molecule has 0 aromatic heterocycles. The van der Waals surface area contributed by atoms with Gasteiger partial charge < -0.3 is 45.1 Å². The fraction of sp³-hybridized carbons (Fsp3) is 0.730. The van der Waals surface area contributed by atoms with E-state index < -0.39 is 67.4 Å². The van der Waals surface area contributed by atoms with Crippen molar-refractivity contribution in [2.45, 2.75) is 333 Å². The van der Waals surface area contributed by atoms with Gasteiger partial charge in [0.1, 0.15) is 24.4 Å². The summed E-state index contributed by atoms with van der Waals surface area (Å²) in [4.78, 5) is 26.7. The predicted octanol–water partition coefficient (Wildman–Crippen LogP) is 17.6. The molecule has 1 rings (SSSR count). The first-order chi connectivity index (χ1) is 41.7. The number of carbonyl (C=O) groups excluding carboxylic acids is 2. The van der Waals surface area contributed by atoms with E-state index in [1.807, 2.05) is 6.08 Å². The highest BCUT2D eigenvalue weighted by Gasteiger charge is 2.47. The van der Waals surface area contributed by atoms with Crippen molar-refractivity contribution in [3.8, 4) is 0 Å². The second kappa shape index (κ2) is 60.6. The molecule has 8 unspecified atom stereocenters. The van der Waals surface area contributed by atoms with E-state index in [4.69, 9.17) is 14.2 Å². The van der Waals surface area contributed by atoms with Crippen molar-refractivity contribution in [1.29, 1.82) is 0 Å². The molecular weight excluding hydrogens is 1060 g/mol. The Labute approximate surface area is 519 Å². The number of hydrogen-bond donors (Lipinski definition) is 6. The van der Waals surface area contributed by atoms with Gasteiger partial charge in [0.25, 0.3) is 0 Å². The molecule has 0 aromatic carbocycles. The van der Waals surface area contributed by atoms with Crippen LogP contribution in [-0.2, 0) is 23.8 Å². The quantitative estimate of drug-likeness (QED) is 0.0195. The van der Waals surface area contributed by atoms with Crippen LogP contribution in [0.15, 0.2) is 109 Å². The Balaban J connectivity index is 2.64. The number of unbranched alkanes of at least 4 members (excludes halogenated alkanes) is 28. The molecular formula is C74H127NO10. The maximum Gasteiger partial charge on any atom is 0.306 e. The number of rotatable bonds is 58. The minimum Gasteiger partial charge on any atom is -0.454 e. The number of ether oxygens (including phenoxy) is 3. The Morgan fingerprint density at radius 1 is 0.471 bits per heavy atom. The van der Waals surface area contributed by atoms with Gasteiger partial charge in [-0.05, 0) is 109 Å². The van der Waals surface area contributed by atoms with E-state index in [-0.39, 0.29) is 19.4 Å². The highest BCUT2D eigenvalue weighted by molar-refractivity contribution is 5.80. The maximum absolute atomic E-state index is 13.5. The summed E-state index contributed by atoms with van der Waals surface area (Å²) in [6.45, 7) is 5.65. The third-order valence-corrected chi connectivity index (χ3v) is 15.7. The van der Waals surface area contributed by atoms with E-state index in [0.717, 1.165) is 109 Å². The molecule has 0 aliphatic carbocycles. The van der Waals surface area contributed by atoms with Crippen LogP contribution in [0.4, 0.5) is 0 Å². The molecule has 0 radical (unpaired) electrons. The molecule has 11 nitrogen and oxygen atoms in total. The van der Waals surface area contributed by atoms with Crippen molar-refractivity contribution in [2.75, 3.05) is 13.2 Å². The molecule has 488 valence electrons. The van der Waals surface area contributed by atoms with Gasteiger partial charge in [0, 0.05) is 6.42 Å². The van der Waals surface area contributed by atoms with Gasteiger partial charge in [0.05, 0.1) is 25.4 Å². The second-order valence-electron chi connectivity index (χ2n) is 23.5. The van der Waals surface area contributed by atoms with Crippen molar-refractivity contribution < 1.29 is 49.3 Å². The van der Waals surface area contributed by atoms with Gasteiger partial charge in [0.15, 0.2) is 12.4 Å². The highest BCUT2D eigenvalue weighted by atomic mass is 16.7. The summed E-state index contributed by atoms with van der Waals surface area (Å²) in [6, 6.07) is -1.04. The summed E-state index contributed by atoms with van der Waals surface area (Å²) in [5, 5.41) is 57.2. The lowest BCUT2D eigenvalue weighted by atomic mass is 9.99. The molecule has 11 heteroatoms. The molecule has 1 heterocycles. The maximum atomic E-state index is 13.5. The molecule has 0 saturated carbocycles. The third-order valence-electron chi connectivity index (χ3n) is 15.7. The van der Waals surface area contributed by atoms with Crippen LogP contribution < -0.4 is 5.32 Å². The summed E-state index contributed by atoms with van der Waals surface area (Å²) in [6.07, 6.45) is 72.6. The molecule has 1 amide bonds. The normalized spacial score (nSPS) is 19.1. The lowest BCUT2D eigenvalue weighted by Gasteiger charge is -2.41. The lowest BCUT2D eigenvalue weighted by molar-refractivity contribution is -0.305. The van der Waals surface area contributed by atoms with Crippen molar-refractivity contribution in [3.05, 3.63) is 109 Å². The van der Waals surface area contributed by atoms with Crippen LogP contribution in [0.3, 0.4) is 0 Å². The Bertz CT molecular complexity index is 1800. The van der Waals surface area contributed by atoms with Gasteiger partial charge >= 0.3 is 5.97 Å². The Morgan fingerprint density at radius 3 is 1.29 bits per heavy atom. The average Bonchev–Trinajstić information content (AvgIpc) is 2.49. The Morgan fingerprint density at radius 2 is 0.847 bits per heavy atom. The summed E-state index contributed by atoms with van der Waals surface area (Å²) in [5.41, 5.74) is 0. The standard InChI is InChI=1S/C74H127NO10/c1-4-7-10-13-16-19-22-25-27-29-31-32-33-34-35-37-38-40-43-46-49-52-55-58-61-67(78)73(82)75-65(66(77)60-57-54-51-48-45-42-24-21-18-15-12-9-6-3)64-83-74-72(71(81)70(80)68(63-76)84-74)85-69(79)62-59-56-53-50-47-44-41-39-36-30-28-26-23-20-17-14-11-8-5-2/h8,11,16-17,19-20,25-28,31-32,36,39,44,47,57,60,65-68,70-72,74,76-78,80-81H,4-7,9-10,12-15,18,21-24,29-30,33-35,37-38,40-43,45-46,48-56,58-59,61-64H2,1-3H3,(H,75,82)/b11-8-,19-16-,20-17-,27-25-,28-26-,32-31-,39-36-,47-44-,60-57+. The molecule has 0 aromatic rings. The predicted molar refractivity (Wildman–Crippen MR) is 356 cm³/mol. The van der Waals surface area contributed by atoms with Crippen molar-refractivity contribution in [3.63, 3.8) is 0 Å². The first kappa shape index (κ1) is 79.3. The number of allylic oxidation sites excluding steroid dienone is 17. The fourth-order valence-electron chi connectivity index (χ4n) is 10.2. The van der Waals surface area contributed by atoms with Crippen LogP contribution >= 0.6 is 0 Å². The number of aliphatic hydroxyl groups is 5. The average molecular weight is 1190 g/mol. The number of nitrogens with one attached hydrogen (secondary N) is 1. The van der Waals surface area contributed by atoms with Crippen molar-refractivity contribution >= 4 is 11.9 Å². The third kappa shape index (κ3) is 48.0. The monoisotopic (exact) mass is 1190 g/mol. The number of carbonyl (C=O) groups is 2. The van der Waals surface area contributed by atoms with E-state index in [1.165, 1.54) is 128 Å². The zero-order chi connectivity index (χ0) is 61.7. The van der Waals surface area contributed by atoms with Crippen molar-refractivity contribution in [1.82, 2.24) is 5.32 Å². The molecule has 1 fully saturated rings. The highest BCUT2D eigenvalue weighted by Crippen LogP contribution is 2.26. The van der Waals surface area contributed by atoms with Crippen LogP contribution in [0, 0.1) is 0 Å². The minimum atomic E-state index is -1.63. The van der Waals surface area contributed by atoms with E-state index >= 15 is 0 Å². The summed E-state index contributed by atoms with van der Waals surface area (Å²) in [5.74, 6) is -1.23. The summed E-state index contributed by atoms with van der Waals surface area (Å²) >= 11 is 0. The van der Waals surface area contributed by atoms with E-state index in [0.29, 0.717) is 12.8 Å². The molecule has 1 aliphatic heterocycles. The number of aliphatic hydroxyl groups excluding tert-OH is 5. The van der Waals surface area contributed by atoms with E-state index in [1.54, 1.807) is 6.08 Å². The lowest BCUT2D eigenvalue weighted by Crippen LogP contribution is -2.61. The number of hydrogen-bond acceptors (Lipinski definition) is 10. The van der Waals surface area contributed by atoms with Crippen LogP contribution in [0.2, 0.25) is 0 Å². The zero-order valence-electron chi connectivity index (χ0n) is 54.2. The van der Waals surface area contributed by atoms with Gasteiger partial charge in [-0.2, -0.15) is 0 Å². The molecule has 8 atom stereocenters. The Kier molecular flexibility index (Phi) is 56.6. The van der Waals surface area contributed by atoms with Gasteiger partial charge in [-0.25, -0.2) is 0 Å². The Hall–Kier alpha value is -3.68.